The molecule has 94 heavy (non-hydrogen) atoms. The number of carbonyl (C=O) groups excluding carboxylic acids is 6. The lowest BCUT2D eigenvalue weighted by Crippen LogP contribution is -2.40. The van der Waals surface area contributed by atoms with Crippen molar-refractivity contribution in [3.63, 3.8) is 0 Å². The average molecular weight is 1270 g/mol. The number of hydrogen-bond acceptors (Lipinski definition) is 18. The van der Waals surface area contributed by atoms with Crippen molar-refractivity contribution >= 4 is 69.6 Å². The number of fused-ring (bicyclic) bond motifs is 2. The van der Waals surface area contributed by atoms with Gasteiger partial charge in [0.2, 0.25) is 24.4 Å². The minimum absolute atomic E-state index is 0.151. The number of nitrogens with one attached hydrogen (secondary N) is 2. The summed E-state index contributed by atoms with van der Waals surface area (Å²) < 4.78 is 36.7. The van der Waals surface area contributed by atoms with Crippen LogP contribution in [0.1, 0.15) is 72.3 Å². The molecule has 2 fully saturated rings. The third-order valence-corrected chi connectivity index (χ3v) is 15.2. The SMILES string of the molecule is C=CC(=O)N1CCC[C@@H](n2nc(-c3ccc(Oc4ccccc4)cc3)c3c(NC(=O)O[C@@H](C)OC(=O)c4ccccc4)ncnc32)C1.C=CC(=O)N1CCC[C@@H](n2nc(-c3ccc(Oc4ccccc4)cc3)c3c(NC(=O)O[C@H](C)OC(=O)c4ccccc4)ncnc32)C1. The molecule has 0 bridgehead atoms. The monoisotopic (exact) mass is 1260 g/mol. The van der Waals surface area contributed by atoms with Gasteiger partial charge in [0.15, 0.2) is 22.9 Å². The minimum Gasteiger partial charge on any atom is -0.457 e. The highest BCUT2D eigenvalue weighted by Crippen LogP contribution is 2.38. The standard InChI is InChI=1S/2C35H32N6O6/c2*1-3-29(42)40-20-10-13-26(21-40)41-33-30(31(39-41)24-16-18-28(19-17-24)47-27-14-8-5-9-15-27)32(36-22-37-33)38-35(44)46-23(2)45-34(43)25-11-6-4-7-12-25/h2*3-9,11-12,14-19,22-23,26H,1,10,13,20-21H2,2H3,(H,36,37,38,44)/t23-,26+;23-,26-/m01/s1. The van der Waals surface area contributed by atoms with Crippen LogP contribution in [0.2, 0.25) is 0 Å². The van der Waals surface area contributed by atoms with Crippen molar-refractivity contribution in [3.05, 3.63) is 219 Å². The van der Waals surface area contributed by atoms with Gasteiger partial charge in [-0.05, 0) is 135 Å². The van der Waals surface area contributed by atoms with E-state index in [1.807, 2.05) is 109 Å². The molecule has 24 nitrogen and oxygen atoms in total. The number of piperidine rings is 2. The zero-order chi connectivity index (χ0) is 65.5. The van der Waals surface area contributed by atoms with E-state index in [2.05, 4.69) is 43.7 Å². The first-order chi connectivity index (χ1) is 45.8. The molecule has 4 atom stereocenters. The van der Waals surface area contributed by atoms with Gasteiger partial charge in [0.1, 0.15) is 47.0 Å². The van der Waals surface area contributed by atoms with E-state index in [0.29, 0.717) is 93.8 Å². The quantitative estimate of drug-likeness (QED) is 0.0459. The van der Waals surface area contributed by atoms with Crippen LogP contribution >= 0.6 is 0 Å². The highest BCUT2D eigenvalue weighted by Gasteiger charge is 2.32. The molecule has 4 aromatic heterocycles. The van der Waals surface area contributed by atoms with Crippen molar-refractivity contribution in [1.29, 1.82) is 0 Å². The maximum absolute atomic E-state index is 13.0. The van der Waals surface area contributed by atoms with E-state index in [9.17, 15) is 28.8 Å². The molecule has 0 saturated carbocycles. The lowest BCUT2D eigenvalue weighted by molar-refractivity contribution is -0.128. The fourth-order valence-electron chi connectivity index (χ4n) is 10.8. The van der Waals surface area contributed by atoms with Crippen molar-refractivity contribution < 1.29 is 57.2 Å². The van der Waals surface area contributed by atoms with Crippen molar-refractivity contribution in [2.24, 2.45) is 0 Å². The van der Waals surface area contributed by atoms with E-state index in [1.54, 1.807) is 79.8 Å². The number of rotatable bonds is 18. The Balaban J connectivity index is 0.000000192. The molecule has 0 unspecified atom stereocenters. The Morgan fingerprint density at radius 3 is 1.18 bits per heavy atom. The Hall–Kier alpha value is -12.1. The summed E-state index contributed by atoms with van der Waals surface area (Å²) in [6, 6.07) is 50.0. The molecule has 2 N–H and O–H groups in total. The van der Waals surface area contributed by atoms with E-state index in [4.69, 9.17) is 38.6 Å². The number of benzene rings is 6. The highest BCUT2D eigenvalue weighted by atomic mass is 16.7. The van der Waals surface area contributed by atoms with Gasteiger partial charge in [-0.15, -0.1) is 0 Å². The maximum atomic E-state index is 13.0. The second-order valence-corrected chi connectivity index (χ2v) is 21.6. The van der Waals surface area contributed by atoms with Gasteiger partial charge in [0.25, 0.3) is 0 Å². The zero-order valence-electron chi connectivity index (χ0n) is 51.2. The van der Waals surface area contributed by atoms with Crippen LogP contribution in [-0.2, 0) is 28.5 Å². The van der Waals surface area contributed by atoms with Crippen LogP contribution in [-0.4, -0.2) is 124 Å². The van der Waals surface area contributed by atoms with Gasteiger partial charge < -0.3 is 38.2 Å². The smallest absolute Gasteiger partial charge is 0.415 e. The molecule has 2 aliphatic rings. The number of carbonyl (C=O) groups is 6. The van der Waals surface area contributed by atoms with Crippen LogP contribution in [0.25, 0.3) is 44.6 Å². The van der Waals surface area contributed by atoms with Crippen LogP contribution < -0.4 is 20.1 Å². The van der Waals surface area contributed by atoms with Gasteiger partial charge in [-0.2, -0.15) is 10.2 Å². The molecule has 2 saturated heterocycles. The molecular weight excluding hydrogens is 1200 g/mol. The first-order valence-corrected chi connectivity index (χ1v) is 30.2. The molecule has 2 aliphatic heterocycles. The minimum atomic E-state index is -1.19. The molecule has 4 amide bonds. The number of esters is 2. The topological polar surface area (TPSA) is 276 Å². The number of amides is 4. The Labute approximate surface area is 539 Å². The predicted molar refractivity (Wildman–Crippen MR) is 347 cm³/mol. The van der Waals surface area contributed by atoms with E-state index >= 15 is 0 Å². The van der Waals surface area contributed by atoms with E-state index < -0.39 is 36.7 Å². The number of anilines is 2. The van der Waals surface area contributed by atoms with Crippen LogP contribution in [0.3, 0.4) is 0 Å². The van der Waals surface area contributed by atoms with Crippen molar-refractivity contribution in [1.82, 2.24) is 49.3 Å². The third-order valence-electron chi connectivity index (χ3n) is 15.2. The van der Waals surface area contributed by atoms with Crippen molar-refractivity contribution in [2.75, 3.05) is 36.8 Å². The molecule has 0 spiro atoms. The van der Waals surface area contributed by atoms with Crippen molar-refractivity contribution in [2.45, 2.75) is 64.2 Å². The Bertz CT molecular complexity index is 4070. The normalized spacial score (nSPS) is 15.0. The summed E-state index contributed by atoms with van der Waals surface area (Å²) in [4.78, 5) is 97.1. The summed E-state index contributed by atoms with van der Waals surface area (Å²) in [5.41, 5.74) is 4.06. The largest absolute Gasteiger partial charge is 0.457 e. The van der Waals surface area contributed by atoms with E-state index in [-0.39, 0.29) is 35.5 Å². The van der Waals surface area contributed by atoms with Gasteiger partial charge in [-0.1, -0.05) is 86.0 Å². The fourth-order valence-corrected chi connectivity index (χ4v) is 10.8. The summed E-state index contributed by atoms with van der Waals surface area (Å²) >= 11 is 0. The third kappa shape index (κ3) is 15.4. The van der Waals surface area contributed by atoms with E-state index in [1.165, 1.54) is 38.7 Å². The van der Waals surface area contributed by atoms with Gasteiger partial charge in [-0.25, -0.2) is 48.5 Å². The molecule has 6 heterocycles. The molecule has 24 heteroatoms. The van der Waals surface area contributed by atoms with Crippen molar-refractivity contribution in [3.8, 4) is 45.5 Å². The lowest BCUT2D eigenvalue weighted by atomic mass is 10.1. The second-order valence-electron chi connectivity index (χ2n) is 21.6. The number of ether oxygens (including phenoxy) is 6. The number of likely N-dealkylation sites (tertiary alicyclic amines) is 2. The highest BCUT2D eigenvalue weighted by molar-refractivity contribution is 6.05. The van der Waals surface area contributed by atoms with Gasteiger partial charge in [0, 0.05) is 51.2 Å². The molecule has 6 aromatic carbocycles. The molecule has 476 valence electrons. The summed E-state index contributed by atoms with van der Waals surface area (Å²) in [5, 5.41) is 16.2. The molecular formula is C70H64N12O12. The van der Waals surface area contributed by atoms with Crippen LogP contribution in [0.15, 0.2) is 208 Å². The second kappa shape index (κ2) is 29.7. The first kappa shape index (κ1) is 63.5. The van der Waals surface area contributed by atoms with Crippen LogP contribution in [0.5, 0.6) is 23.0 Å². The Kier molecular flexibility index (Phi) is 20.1. The zero-order valence-corrected chi connectivity index (χ0v) is 51.2. The number of para-hydroxylation sites is 2. The maximum Gasteiger partial charge on any atom is 0.415 e. The molecule has 12 rings (SSSR count). The van der Waals surface area contributed by atoms with Crippen LogP contribution in [0, 0.1) is 0 Å². The summed E-state index contributed by atoms with van der Waals surface area (Å²) in [6.07, 6.45) is 4.20. The van der Waals surface area contributed by atoms with Crippen LogP contribution in [0.4, 0.5) is 21.2 Å². The summed E-state index contributed by atoms with van der Waals surface area (Å²) in [7, 11) is 0. The van der Waals surface area contributed by atoms with Gasteiger partial charge in [-0.3, -0.25) is 20.2 Å². The van der Waals surface area contributed by atoms with Gasteiger partial charge in [0.05, 0.1) is 34.0 Å². The van der Waals surface area contributed by atoms with Gasteiger partial charge >= 0.3 is 24.1 Å². The molecule has 10 aromatic rings. The Morgan fingerprint density at radius 2 is 0.819 bits per heavy atom. The number of aromatic nitrogens is 8. The molecule has 0 radical (unpaired) electrons. The number of nitrogens with zero attached hydrogens (tertiary/aromatic N) is 10. The Morgan fingerprint density at radius 1 is 0.468 bits per heavy atom. The predicted octanol–water partition coefficient (Wildman–Crippen LogP) is 12.8. The summed E-state index contributed by atoms with van der Waals surface area (Å²) in [6.45, 7) is 12.2. The average Bonchev–Trinajstić information content (AvgIpc) is 1.61. The first-order valence-electron chi connectivity index (χ1n) is 30.2. The molecule has 0 aliphatic carbocycles. The fraction of sp³-hybridized carbons (Fsp3) is 0.200. The number of hydrogen-bond donors (Lipinski definition) is 2. The summed E-state index contributed by atoms with van der Waals surface area (Å²) in [5.74, 6) is 1.42. The lowest BCUT2D eigenvalue weighted by Gasteiger charge is -2.32. The van der Waals surface area contributed by atoms with E-state index in [0.717, 1.165) is 36.8 Å².